The lowest BCUT2D eigenvalue weighted by Gasteiger charge is -2.16. The summed E-state index contributed by atoms with van der Waals surface area (Å²) in [6.45, 7) is 5.03. The van der Waals surface area contributed by atoms with Crippen molar-refractivity contribution in [3.8, 4) is 5.75 Å². The summed E-state index contributed by atoms with van der Waals surface area (Å²) >= 11 is 0. The van der Waals surface area contributed by atoms with Gasteiger partial charge in [-0.1, -0.05) is 12.1 Å². The Morgan fingerprint density at radius 3 is 2.88 bits per heavy atom. The molecular formula is C19H23NO4. The first-order valence-corrected chi connectivity index (χ1v) is 8.34. The van der Waals surface area contributed by atoms with Gasteiger partial charge < -0.3 is 19.2 Å². The molecule has 2 heterocycles. The van der Waals surface area contributed by atoms with E-state index in [0.717, 1.165) is 31.0 Å². The van der Waals surface area contributed by atoms with Crippen LogP contribution in [0, 0.1) is 6.92 Å². The Hall–Kier alpha value is -2.27. The molecular weight excluding hydrogens is 306 g/mol. The topological polar surface area (TPSA) is 60.7 Å². The molecule has 0 aliphatic carbocycles. The highest BCUT2D eigenvalue weighted by Crippen LogP contribution is 2.22. The summed E-state index contributed by atoms with van der Waals surface area (Å²) in [5.41, 5.74) is 0.519. The van der Waals surface area contributed by atoms with E-state index >= 15 is 0 Å². The van der Waals surface area contributed by atoms with Crippen LogP contribution in [-0.2, 0) is 4.74 Å². The van der Waals surface area contributed by atoms with Crippen molar-refractivity contribution in [3.63, 3.8) is 0 Å². The largest absolute Gasteiger partial charge is 0.490 e. The Morgan fingerprint density at radius 1 is 1.33 bits per heavy atom. The molecule has 1 N–H and O–H groups in total. The maximum atomic E-state index is 12.6. The molecule has 1 amide bonds. The first-order chi connectivity index (χ1) is 11.6. The number of rotatable bonds is 6. The van der Waals surface area contributed by atoms with Crippen LogP contribution in [0.25, 0.3) is 0 Å². The highest BCUT2D eigenvalue weighted by atomic mass is 16.5. The van der Waals surface area contributed by atoms with Gasteiger partial charge in [0.2, 0.25) is 0 Å². The maximum Gasteiger partial charge on any atom is 0.255 e. The summed E-state index contributed by atoms with van der Waals surface area (Å²) in [7, 11) is 0. The van der Waals surface area contributed by atoms with Gasteiger partial charge in [-0.05, 0) is 51.0 Å². The lowest BCUT2D eigenvalue weighted by atomic mass is 10.1. The fourth-order valence-corrected chi connectivity index (χ4v) is 2.77. The van der Waals surface area contributed by atoms with E-state index in [4.69, 9.17) is 13.9 Å². The number of carbonyl (C=O) groups excluding carboxylic acids is 1. The molecule has 1 aliphatic heterocycles. The monoisotopic (exact) mass is 329 g/mol. The number of furan rings is 1. The van der Waals surface area contributed by atoms with Crippen molar-refractivity contribution in [2.75, 3.05) is 13.2 Å². The van der Waals surface area contributed by atoms with Gasteiger partial charge in [-0.3, -0.25) is 4.79 Å². The Balaban J connectivity index is 1.65. The molecule has 2 aromatic rings. The van der Waals surface area contributed by atoms with Crippen molar-refractivity contribution < 1.29 is 18.7 Å². The number of amides is 1. The Bertz CT molecular complexity index is 688. The summed E-state index contributed by atoms with van der Waals surface area (Å²) in [6, 6.07) is 10.8. The van der Waals surface area contributed by atoms with Gasteiger partial charge in [0.05, 0.1) is 17.7 Å². The number of para-hydroxylation sites is 1. The second-order valence-electron chi connectivity index (χ2n) is 6.09. The van der Waals surface area contributed by atoms with Gasteiger partial charge in [-0.15, -0.1) is 0 Å². The van der Waals surface area contributed by atoms with Gasteiger partial charge in [0.1, 0.15) is 23.9 Å². The van der Waals surface area contributed by atoms with E-state index in [1.54, 1.807) is 6.07 Å². The van der Waals surface area contributed by atoms with Crippen molar-refractivity contribution in [3.05, 3.63) is 53.5 Å². The number of benzene rings is 1. The van der Waals surface area contributed by atoms with Crippen LogP contribution in [0.4, 0.5) is 0 Å². The van der Waals surface area contributed by atoms with Gasteiger partial charge in [0.25, 0.3) is 5.91 Å². The Morgan fingerprint density at radius 2 is 2.17 bits per heavy atom. The zero-order valence-corrected chi connectivity index (χ0v) is 14.1. The predicted molar refractivity (Wildman–Crippen MR) is 90.2 cm³/mol. The number of hydrogen-bond donors (Lipinski definition) is 1. The fourth-order valence-electron chi connectivity index (χ4n) is 2.77. The third-order valence-corrected chi connectivity index (χ3v) is 4.12. The smallest absolute Gasteiger partial charge is 0.255 e. The number of ether oxygens (including phenoxy) is 2. The highest BCUT2D eigenvalue weighted by molar-refractivity contribution is 5.97. The van der Waals surface area contributed by atoms with Crippen LogP contribution in [0.1, 0.15) is 47.7 Å². The third-order valence-electron chi connectivity index (χ3n) is 4.12. The molecule has 0 radical (unpaired) electrons. The molecule has 0 bridgehead atoms. The number of nitrogens with one attached hydrogen (secondary N) is 1. The van der Waals surface area contributed by atoms with Crippen molar-refractivity contribution in [1.29, 1.82) is 0 Å². The summed E-state index contributed by atoms with van der Waals surface area (Å²) in [5, 5.41) is 2.95. The number of hydrogen-bond acceptors (Lipinski definition) is 4. The predicted octanol–water partition coefficient (Wildman–Crippen LogP) is 3.64. The van der Waals surface area contributed by atoms with Gasteiger partial charge >= 0.3 is 0 Å². The minimum atomic E-state index is -0.211. The molecule has 5 nitrogen and oxygen atoms in total. The number of aryl methyl sites for hydroxylation is 1. The molecule has 2 unspecified atom stereocenters. The average molecular weight is 329 g/mol. The van der Waals surface area contributed by atoms with Gasteiger partial charge in [-0.2, -0.15) is 0 Å². The van der Waals surface area contributed by atoms with Crippen molar-refractivity contribution in [2.24, 2.45) is 0 Å². The van der Waals surface area contributed by atoms with Crippen molar-refractivity contribution in [1.82, 2.24) is 5.32 Å². The van der Waals surface area contributed by atoms with Gasteiger partial charge in [0, 0.05) is 6.61 Å². The Labute approximate surface area is 141 Å². The first kappa shape index (κ1) is 16.6. The molecule has 1 fully saturated rings. The zero-order chi connectivity index (χ0) is 16.9. The summed E-state index contributed by atoms with van der Waals surface area (Å²) in [4.78, 5) is 12.6. The van der Waals surface area contributed by atoms with Crippen LogP contribution >= 0.6 is 0 Å². The van der Waals surface area contributed by atoms with Crippen LogP contribution in [0.2, 0.25) is 0 Å². The van der Waals surface area contributed by atoms with Crippen LogP contribution in [0.15, 0.2) is 40.8 Å². The summed E-state index contributed by atoms with van der Waals surface area (Å²) in [5.74, 6) is 1.96. The molecule has 1 aromatic heterocycles. The van der Waals surface area contributed by atoms with E-state index in [1.165, 1.54) is 0 Å². The molecule has 1 aliphatic rings. The summed E-state index contributed by atoms with van der Waals surface area (Å²) < 4.78 is 17.0. The van der Waals surface area contributed by atoms with Gasteiger partial charge in [0.15, 0.2) is 0 Å². The second-order valence-corrected chi connectivity index (χ2v) is 6.09. The van der Waals surface area contributed by atoms with E-state index in [2.05, 4.69) is 5.32 Å². The standard InChI is InChI=1S/C19H23NO4/c1-13-9-10-17(24-13)14(2)20-19(21)16-7-3-4-8-18(16)23-12-15-6-5-11-22-15/h3-4,7-10,14-15H,5-6,11-12H2,1-2H3,(H,20,21). The molecule has 24 heavy (non-hydrogen) atoms. The normalized spacial score (nSPS) is 18.3. The van der Waals surface area contributed by atoms with E-state index in [9.17, 15) is 4.79 Å². The molecule has 0 saturated carbocycles. The fraction of sp³-hybridized carbons (Fsp3) is 0.421. The Kier molecular flexibility index (Phi) is 5.20. The highest BCUT2D eigenvalue weighted by Gasteiger charge is 2.20. The lowest BCUT2D eigenvalue weighted by Crippen LogP contribution is -2.27. The minimum Gasteiger partial charge on any atom is -0.490 e. The molecule has 1 aromatic carbocycles. The van der Waals surface area contributed by atoms with Crippen LogP contribution < -0.4 is 10.1 Å². The van der Waals surface area contributed by atoms with E-state index in [1.807, 2.05) is 44.2 Å². The maximum absolute atomic E-state index is 12.6. The van der Waals surface area contributed by atoms with Crippen molar-refractivity contribution >= 4 is 5.91 Å². The minimum absolute atomic E-state index is 0.117. The first-order valence-electron chi connectivity index (χ1n) is 8.34. The zero-order valence-electron chi connectivity index (χ0n) is 14.1. The average Bonchev–Trinajstić information content (AvgIpc) is 3.24. The second kappa shape index (κ2) is 7.53. The molecule has 5 heteroatoms. The SMILES string of the molecule is Cc1ccc(C(C)NC(=O)c2ccccc2OCC2CCCO2)o1. The van der Waals surface area contributed by atoms with Crippen molar-refractivity contribution in [2.45, 2.75) is 38.8 Å². The molecule has 1 saturated heterocycles. The van der Waals surface area contributed by atoms with Crippen LogP contribution in [0.3, 0.4) is 0 Å². The number of carbonyl (C=O) groups is 1. The van der Waals surface area contributed by atoms with E-state index in [-0.39, 0.29) is 18.1 Å². The lowest BCUT2D eigenvalue weighted by molar-refractivity contribution is 0.0670. The van der Waals surface area contributed by atoms with Crippen LogP contribution in [0.5, 0.6) is 5.75 Å². The molecule has 3 rings (SSSR count). The quantitative estimate of drug-likeness (QED) is 0.879. The molecule has 2 atom stereocenters. The van der Waals surface area contributed by atoms with E-state index in [0.29, 0.717) is 17.9 Å². The third kappa shape index (κ3) is 3.97. The van der Waals surface area contributed by atoms with Gasteiger partial charge in [-0.25, -0.2) is 0 Å². The molecule has 0 spiro atoms. The summed E-state index contributed by atoms with van der Waals surface area (Å²) in [6.07, 6.45) is 2.19. The van der Waals surface area contributed by atoms with Crippen LogP contribution in [-0.4, -0.2) is 25.2 Å². The van der Waals surface area contributed by atoms with E-state index < -0.39 is 0 Å². The molecule has 128 valence electrons.